The number of nitrogens with zero attached hydrogens (tertiary/aromatic N) is 7. The number of rotatable bonds is 6. The third-order valence-corrected chi connectivity index (χ3v) is 8.17. The van der Waals surface area contributed by atoms with Crippen LogP contribution in [0.5, 0.6) is 0 Å². The summed E-state index contributed by atoms with van der Waals surface area (Å²) in [7, 11) is 0. The molecule has 9 nitrogen and oxygen atoms in total. The van der Waals surface area contributed by atoms with Crippen LogP contribution in [0.15, 0.2) is 54.4 Å². The number of aryl methyl sites for hydroxylation is 1. The number of amides is 1. The van der Waals surface area contributed by atoms with E-state index in [0.29, 0.717) is 52.8 Å². The van der Waals surface area contributed by atoms with Crippen LogP contribution >= 0.6 is 11.6 Å². The molecule has 228 valence electrons. The average molecular weight is 616 g/mol. The summed E-state index contributed by atoms with van der Waals surface area (Å²) in [6, 6.07) is 7.51. The van der Waals surface area contributed by atoms with Gasteiger partial charge in [0.2, 0.25) is 5.91 Å². The summed E-state index contributed by atoms with van der Waals surface area (Å²) in [6.07, 6.45) is 1.30. The molecular weight excluding hydrogens is 581 g/mol. The second kappa shape index (κ2) is 11.9. The van der Waals surface area contributed by atoms with Gasteiger partial charge in [0.25, 0.3) is 0 Å². The lowest BCUT2D eigenvalue weighted by atomic mass is 10.0. The van der Waals surface area contributed by atoms with Crippen LogP contribution in [0.3, 0.4) is 0 Å². The van der Waals surface area contributed by atoms with Gasteiger partial charge in [-0.2, -0.15) is 4.98 Å². The van der Waals surface area contributed by atoms with Crippen LogP contribution in [0.1, 0.15) is 57.7 Å². The largest absolute Gasteiger partial charge is 0.355 e. The highest BCUT2D eigenvalue weighted by Crippen LogP contribution is 2.36. The summed E-state index contributed by atoms with van der Waals surface area (Å²) in [5.74, 6) is 0.106. The van der Waals surface area contributed by atoms with E-state index in [1.165, 1.54) is 16.7 Å². The molecule has 1 fully saturated rings. The molecule has 2 unspecified atom stereocenters. The van der Waals surface area contributed by atoms with E-state index < -0.39 is 11.5 Å². The number of allylic oxidation sites excluding steroid dienone is 1. The molecule has 0 bridgehead atoms. The van der Waals surface area contributed by atoms with Crippen LogP contribution in [0.2, 0.25) is 5.02 Å². The zero-order chi connectivity index (χ0) is 32.0. The number of halogens is 2. The fraction of sp³-hybridized carbons (Fsp3) is 0.333. The molecular formula is C33H35ClFN7O2. The minimum absolute atomic E-state index is 0.0962. The Balaban J connectivity index is 1.85. The molecule has 0 saturated carbocycles. The third kappa shape index (κ3) is 5.38. The van der Waals surface area contributed by atoms with Crippen LogP contribution in [-0.4, -0.2) is 60.5 Å². The summed E-state index contributed by atoms with van der Waals surface area (Å²) in [6.45, 7) is 19.9. The van der Waals surface area contributed by atoms with E-state index in [9.17, 15) is 9.59 Å². The Labute approximate surface area is 260 Å². The summed E-state index contributed by atoms with van der Waals surface area (Å²) < 4.78 is 16.5. The van der Waals surface area contributed by atoms with Crippen molar-refractivity contribution in [3.63, 3.8) is 0 Å². The lowest BCUT2D eigenvalue weighted by Gasteiger charge is -2.44. The third-order valence-electron chi connectivity index (χ3n) is 7.88. The van der Waals surface area contributed by atoms with Crippen LogP contribution in [0, 0.1) is 12.7 Å². The maximum atomic E-state index is 15.1. The van der Waals surface area contributed by atoms with Gasteiger partial charge in [-0.15, -0.1) is 0 Å². The molecule has 0 radical (unpaired) electrons. The number of hydrogen-bond acceptors (Lipinski definition) is 7. The predicted octanol–water partition coefficient (Wildman–Crippen LogP) is 6.11. The summed E-state index contributed by atoms with van der Waals surface area (Å²) in [5.41, 5.74) is 2.34. The quantitative estimate of drug-likeness (QED) is 0.242. The molecule has 4 aromatic rings. The number of hydrogen-bond donors (Lipinski definition) is 0. The molecule has 44 heavy (non-hydrogen) atoms. The van der Waals surface area contributed by atoms with Gasteiger partial charge >= 0.3 is 5.69 Å². The van der Waals surface area contributed by atoms with Gasteiger partial charge in [-0.25, -0.2) is 28.7 Å². The molecule has 0 spiro atoms. The molecule has 11 heteroatoms. The van der Waals surface area contributed by atoms with Crippen molar-refractivity contribution in [2.75, 3.05) is 18.0 Å². The zero-order valence-electron chi connectivity index (χ0n) is 25.7. The standard InChI is InChI=1S/C33H35ClFN7O2/c1-9-26(43)40-15-20(7)41(16-19(40)6)31-23-14-24(34)28(22-12-10-11-13-25(22)35)38-32(23)42(33(44)39-31)29-21(8)36-30(18(4)5)37-27(29)17(2)3/h9-14,17,19-20H,1,4,15-16H2,2-3,5-8H3. The Bertz CT molecular complexity index is 1890. The average Bonchev–Trinajstić information content (AvgIpc) is 2.97. The van der Waals surface area contributed by atoms with Crippen LogP contribution in [0.25, 0.3) is 33.6 Å². The van der Waals surface area contributed by atoms with E-state index in [4.69, 9.17) is 21.6 Å². The van der Waals surface area contributed by atoms with E-state index in [1.807, 2.05) is 39.5 Å². The minimum atomic E-state index is -0.595. The number of anilines is 1. The molecule has 1 amide bonds. The van der Waals surface area contributed by atoms with Crippen molar-refractivity contribution in [1.82, 2.24) is 29.4 Å². The SMILES string of the molecule is C=CC(=O)N1CC(C)N(c2nc(=O)n(-c3c(C)nc(C(=C)C)nc3C(C)C)c3nc(-c4ccccc4F)c(Cl)cc23)CC1C. The molecule has 2 atom stereocenters. The molecule has 1 aliphatic rings. The van der Waals surface area contributed by atoms with Gasteiger partial charge in [0.15, 0.2) is 11.5 Å². The Kier molecular flexibility index (Phi) is 8.40. The summed E-state index contributed by atoms with van der Waals surface area (Å²) >= 11 is 6.81. The first-order chi connectivity index (χ1) is 20.8. The number of piperazine rings is 1. The van der Waals surface area contributed by atoms with Crippen molar-refractivity contribution in [1.29, 1.82) is 0 Å². The molecule has 1 saturated heterocycles. The van der Waals surface area contributed by atoms with Crippen molar-refractivity contribution < 1.29 is 9.18 Å². The first-order valence-corrected chi connectivity index (χ1v) is 14.8. The number of carbonyl (C=O) groups is 1. The zero-order valence-corrected chi connectivity index (χ0v) is 26.5. The van der Waals surface area contributed by atoms with Crippen molar-refractivity contribution in [2.45, 2.75) is 59.5 Å². The number of aromatic nitrogens is 5. The fourth-order valence-electron chi connectivity index (χ4n) is 5.67. The van der Waals surface area contributed by atoms with Gasteiger partial charge in [-0.1, -0.05) is 50.7 Å². The number of pyridine rings is 1. The Morgan fingerprint density at radius 1 is 1.11 bits per heavy atom. The number of benzene rings is 1. The number of carbonyl (C=O) groups excluding carboxylic acids is 1. The molecule has 3 aromatic heterocycles. The van der Waals surface area contributed by atoms with Gasteiger partial charge in [-0.05, 0) is 63.5 Å². The predicted molar refractivity (Wildman–Crippen MR) is 173 cm³/mol. The molecule has 5 rings (SSSR count). The molecule has 4 heterocycles. The highest BCUT2D eigenvalue weighted by molar-refractivity contribution is 6.33. The second-order valence-electron chi connectivity index (χ2n) is 11.6. The summed E-state index contributed by atoms with van der Waals surface area (Å²) in [5, 5.41) is 0.696. The monoisotopic (exact) mass is 615 g/mol. The van der Waals surface area contributed by atoms with E-state index in [1.54, 1.807) is 36.1 Å². The summed E-state index contributed by atoms with van der Waals surface area (Å²) in [4.78, 5) is 49.3. The minimum Gasteiger partial charge on any atom is -0.349 e. The van der Waals surface area contributed by atoms with Gasteiger partial charge in [-0.3, -0.25) is 4.79 Å². The maximum Gasteiger partial charge on any atom is 0.355 e. The lowest BCUT2D eigenvalue weighted by molar-refractivity contribution is -0.128. The Morgan fingerprint density at radius 3 is 2.45 bits per heavy atom. The van der Waals surface area contributed by atoms with Crippen molar-refractivity contribution in [3.8, 4) is 16.9 Å². The Morgan fingerprint density at radius 2 is 1.82 bits per heavy atom. The van der Waals surface area contributed by atoms with Gasteiger partial charge < -0.3 is 9.80 Å². The first kappa shape index (κ1) is 31.0. The molecule has 1 aliphatic heterocycles. The molecule has 1 aromatic carbocycles. The van der Waals surface area contributed by atoms with Gasteiger partial charge in [0.1, 0.15) is 11.6 Å². The van der Waals surface area contributed by atoms with Crippen LogP contribution in [0.4, 0.5) is 10.2 Å². The number of fused-ring (bicyclic) bond motifs is 1. The van der Waals surface area contributed by atoms with E-state index in [2.05, 4.69) is 23.1 Å². The molecule has 0 aliphatic carbocycles. The highest BCUT2D eigenvalue weighted by Gasteiger charge is 2.34. The second-order valence-corrected chi connectivity index (χ2v) is 12.0. The topological polar surface area (TPSA) is 97.1 Å². The lowest BCUT2D eigenvalue weighted by Crippen LogP contribution is -2.58. The van der Waals surface area contributed by atoms with E-state index in [-0.39, 0.29) is 45.8 Å². The van der Waals surface area contributed by atoms with Crippen molar-refractivity contribution >= 4 is 39.9 Å². The normalized spacial score (nSPS) is 16.9. The smallest absolute Gasteiger partial charge is 0.349 e. The van der Waals surface area contributed by atoms with Gasteiger partial charge in [0, 0.05) is 30.7 Å². The van der Waals surface area contributed by atoms with Crippen LogP contribution in [-0.2, 0) is 4.79 Å². The van der Waals surface area contributed by atoms with Crippen molar-refractivity contribution in [3.05, 3.63) is 88.1 Å². The van der Waals surface area contributed by atoms with Crippen LogP contribution < -0.4 is 10.6 Å². The maximum absolute atomic E-state index is 15.1. The van der Waals surface area contributed by atoms with E-state index >= 15 is 4.39 Å². The first-order valence-electron chi connectivity index (χ1n) is 14.5. The highest BCUT2D eigenvalue weighted by atomic mass is 35.5. The molecule has 0 N–H and O–H groups in total. The van der Waals surface area contributed by atoms with Crippen molar-refractivity contribution in [2.24, 2.45) is 0 Å². The van der Waals surface area contributed by atoms with E-state index in [0.717, 1.165) is 0 Å². The Hall–Kier alpha value is -4.44. The van der Waals surface area contributed by atoms with Gasteiger partial charge in [0.05, 0.1) is 33.2 Å². The fourth-order valence-corrected chi connectivity index (χ4v) is 5.93.